The lowest BCUT2D eigenvalue weighted by molar-refractivity contribution is -0.141. The number of hydrogen-bond acceptors (Lipinski definition) is 4. The summed E-state index contributed by atoms with van der Waals surface area (Å²) in [4.78, 5) is 13.9. The van der Waals surface area contributed by atoms with Crippen LogP contribution in [0.4, 0.5) is 0 Å². The average Bonchev–Trinajstić information content (AvgIpc) is 2.89. The third-order valence-corrected chi connectivity index (χ3v) is 3.98. The Morgan fingerprint density at radius 3 is 2.89 bits per heavy atom. The summed E-state index contributed by atoms with van der Waals surface area (Å²) in [5.41, 5.74) is -0.781. The zero-order valence-electron chi connectivity index (χ0n) is 11.4. The number of rotatable bonds is 5. The predicted octanol–water partition coefficient (Wildman–Crippen LogP) is 1.52. The van der Waals surface area contributed by atoms with Crippen molar-refractivity contribution in [2.45, 2.75) is 32.4 Å². The number of amides is 1. The summed E-state index contributed by atoms with van der Waals surface area (Å²) in [7, 11) is 1.54. The number of thiophene rings is 1. The van der Waals surface area contributed by atoms with Gasteiger partial charge in [-0.2, -0.15) is 0 Å². The van der Waals surface area contributed by atoms with Crippen LogP contribution < -0.4 is 5.32 Å². The van der Waals surface area contributed by atoms with E-state index in [0.717, 1.165) is 9.75 Å². The molecule has 0 spiro atoms. The van der Waals surface area contributed by atoms with Gasteiger partial charge in [-0.25, -0.2) is 0 Å². The summed E-state index contributed by atoms with van der Waals surface area (Å²) in [5.74, 6) is 5.31. The number of hydrogen-bond donors (Lipinski definition) is 2. The van der Waals surface area contributed by atoms with Gasteiger partial charge in [0, 0.05) is 12.0 Å². The van der Waals surface area contributed by atoms with Crippen molar-refractivity contribution in [1.29, 1.82) is 0 Å². The zero-order chi connectivity index (χ0) is 14.3. The summed E-state index contributed by atoms with van der Waals surface area (Å²) in [6.07, 6.45) is 0.618. The van der Waals surface area contributed by atoms with Crippen molar-refractivity contribution in [2.24, 2.45) is 0 Å². The number of carbonyl (C=O) groups is 1. The third-order valence-electron chi connectivity index (χ3n) is 2.98. The molecule has 104 valence electrons. The van der Waals surface area contributed by atoms with Crippen LogP contribution in [0.2, 0.25) is 0 Å². The zero-order valence-corrected chi connectivity index (χ0v) is 12.3. The molecule has 1 unspecified atom stereocenters. The largest absolute Gasteiger partial charge is 0.384 e. The van der Waals surface area contributed by atoms with Gasteiger partial charge < -0.3 is 15.2 Å². The van der Waals surface area contributed by atoms with Gasteiger partial charge in [0.2, 0.25) is 0 Å². The fourth-order valence-electron chi connectivity index (χ4n) is 1.42. The fourth-order valence-corrected chi connectivity index (χ4v) is 2.24. The molecule has 0 aromatic carbocycles. The quantitative estimate of drug-likeness (QED) is 0.805. The normalized spacial score (nSPS) is 13.3. The highest BCUT2D eigenvalue weighted by Crippen LogP contribution is 2.17. The van der Waals surface area contributed by atoms with Crippen molar-refractivity contribution < 1.29 is 14.6 Å². The highest BCUT2D eigenvalue weighted by atomic mass is 32.1. The van der Waals surface area contributed by atoms with E-state index in [0.29, 0.717) is 13.0 Å². The van der Waals surface area contributed by atoms with E-state index in [1.807, 2.05) is 19.1 Å². The van der Waals surface area contributed by atoms with Crippen molar-refractivity contribution in [3.05, 3.63) is 21.9 Å². The molecule has 1 heterocycles. The lowest BCUT2D eigenvalue weighted by atomic mass is 10.0. The molecular formula is C14H19NO3S. The van der Waals surface area contributed by atoms with Gasteiger partial charge in [-0.05, 0) is 25.5 Å². The van der Waals surface area contributed by atoms with Crippen molar-refractivity contribution in [2.75, 3.05) is 13.7 Å². The summed E-state index contributed by atoms with van der Waals surface area (Å²) in [6, 6.07) is 3.80. The van der Waals surface area contributed by atoms with E-state index in [-0.39, 0.29) is 12.5 Å². The van der Waals surface area contributed by atoms with Crippen LogP contribution in [0, 0.1) is 11.8 Å². The lowest BCUT2D eigenvalue weighted by Crippen LogP contribution is -2.45. The maximum Gasteiger partial charge on any atom is 0.252 e. The van der Waals surface area contributed by atoms with Crippen LogP contribution in [0.5, 0.6) is 0 Å². The molecule has 0 aliphatic rings. The molecule has 2 N–H and O–H groups in total. The van der Waals surface area contributed by atoms with Crippen LogP contribution >= 0.6 is 11.3 Å². The van der Waals surface area contributed by atoms with Crippen LogP contribution in [0.25, 0.3) is 0 Å². The Hall–Kier alpha value is -1.35. The Bertz CT molecular complexity index is 480. The molecule has 1 amide bonds. The molecule has 5 heteroatoms. The van der Waals surface area contributed by atoms with E-state index < -0.39 is 5.60 Å². The van der Waals surface area contributed by atoms with Crippen LogP contribution in [0.3, 0.4) is 0 Å². The second-order valence-corrected chi connectivity index (χ2v) is 5.37. The molecule has 1 rings (SSSR count). The second-order valence-electron chi connectivity index (χ2n) is 4.20. The van der Waals surface area contributed by atoms with Crippen molar-refractivity contribution in [1.82, 2.24) is 5.32 Å². The minimum atomic E-state index is -0.781. The number of aliphatic hydroxyl groups is 1. The molecule has 0 bridgehead atoms. The molecule has 1 aromatic heterocycles. The number of nitrogens with one attached hydrogen (secondary N) is 1. The Morgan fingerprint density at radius 1 is 1.58 bits per heavy atom. The first-order valence-electron chi connectivity index (χ1n) is 6.07. The summed E-state index contributed by atoms with van der Waals surface area (Å²) < 4.78 is 5.24. The molecule has 0 saturated carbocycles. The Morgan fingerprint density at radius 2 is 2.32 bits per heavy atom. The Kier molecular flexibility index (Phi) is 6.03. The summed E-state index contributed by atoms with van der Waals surface area (Å²) >= 11 is 1.50. The van der Waals surface area contributed by atoms with E-state index in [1.54, 1.807) is 6.92 Å². The van der Waals surface area contributed by atoms with Crippen LogP contribution in [0.15, 0.2) is 12.1 Å². The molecule has 19 heavy (non-hydrogen) atoms. The first-order valence-corrected chi connectivity index (χ1v) is 6.89. The van der Waals surface area contributed by atoms with E-state index >= 15 is 0 Å². The minimum Gasteiger partial charge on any atom is -0.384 e. The number of ether oxygens (including phenoxy) is 1. The minimum absolute atomic E-state index is 0.117. The second kappa shape index (κ2) is 7.29. The van der Waals surface area contributed by atoms with Crippen LogP contribution in [0.1, 0.15) is 30.0 Å². The van der Waals surface area contributed by atoms with Gasteiger partial charge in [0.25, 0.3) is 5.91 Å². The SMILES string of the molecule is CCC(C)(OC)C(=O)NCc1ccc(C#CCO)s1. The van der Waals surface area contributed by atoms with Gasteiger partial charge in [-0.1, -0.05) is 18.8 Å². The molecule has 0 radical (unpaired) electrons. The molecule has 1 atom stereocenters. The molecule has 0 aliphatic carbocycles. The number of methoxy groups -OCH3 is 1. The highest BCUT2D eigenvalue weighted by molar-refractivity contribution is 7.12. The maximum atomic E-state index is 12.0. The first kappa shape index (κ1) is 15.7. The Labute approximate surface area is 117 Å². The number of aliphatic hydroxyl groups excluding tert-OH is 1. The van der Waals surface area contributed by atoms with Gasteiger partial charge in [-0.3, -0.25) is 4.79 Å². The molecular weight excluding hydrogens is 262 g/mol. The summed E-state index contributed by atoms with van der Waals surface area (Å²) in [5, 5.41) is 11.5. The molecule has 0 fully saturated rings. The van der Waals surface area contributed by atoms with E-state index in [4.69, 9.17) is 9.84 Å². The topological polar surface area (TPSA) is 58.6 Å². The standard InChI is InChI=1S/C14H19NO3S/c1-4-14(2,18-3)13(17)15-10-12-8-7-11(19-12)6-5-9-16/h7-8,16H,4,9-10H2,1-3H3,(H,15,17). The van der Waals surface area contributed by atoms with Crippen molar-refractivity contribution >= 4 is 17.2 Å². The van der Waals surface area contributed by atoms with Crippen LogP contribution in [-0.2, 0) is 16.1 Å². The van der Waals surface area contributed by atoms with Crippen LogP contribution in [-0.4, -0.2) is 30.3 Å². The molecule has 4 nitrogen and oxygen atoms in total. The molecule has 0 aliphatic heterocycles. The number of carbonyl (C=O) groups excluding carboxylic acids is 1. The predicted molar refractivity (Wildman–Crippen MR) is 75.8 cm³/mol. The van der Waals surface area contributed by atoms with E-state index in [2.05, 4.69) is 17.2 Å². The van der Waals surface area contributed by atoms with Gasteiger partial charge in [0.1, 0.15) is 12.2 Å². The van der Waals surface area contributed by atoms with Gasteiger partial charge in [0.15, 0.2) is 0 Å². The van der Waals surface area contributed by atoms with E-state index in [9.17, 15) is 4.79 Å². The van der Waals surface area contributed by atoms with Gasteiger partial charge in [-0.15, -0.1) is 11.3 Å². The third kappa shape index (κ3) is 4.35. The lowest BCUT2D eigenvalue weighted by Gasteiger charge is -2.24. The molecule has 1 aromatic rings. The smallest absolute Gasteiger partial charge is 0.252 e. The summed E-state index contributed by atoms with van der Waals surface area (Å²) in [6.45, 7) is 4.00. The van der Waals surface area contributed by atoms with E-state index in [1.165, 1.54) is 18.4 Å². The van der Waals surface area contributed by atoms with Crippen molar-refractivity contribution in [3.63, 3.8) is 0 Å². The highest BCUT2D eigenvalue weighted by Gasteiger charge is 2.30. The van der Waals surface area contributed by atoms with Gasteiger partial charge >= 0.3 is 0 Å². The maximum absolute atomic E-state index is 12.0. The monoisotopic (exact) mass is 281 g/mol. The average molecular weight is 281 g/mol. The Balaban J connectivity index is 2.57. The first-order chi connectivity index (χ1) is 9.05. The van der Waals surface area contributed by atoms with Crippen molar-refractivity contribution in [3.8, 4) is 11.8 Å². The molecule has 0 saturated heterocycles. The van der Waals surface area contributed by atoms with Gasteiger partial charge in [0.05, 0.1) is 11.4 Å². The fraction of sp³-hybridized carbons (Fsp3) is 0.500.